The van der Waals surface area contributed by atoms with Crippen molar-refractivity contribution in [2.45, 2.75) is 0 Å². The van der Waals surface area contributed by atoms with Crippen molar-refractivity contribution in [2.75, 3.05) is 0 Å². The van der Waals surface area contributed by atoms with E-state index in [9.17, 15) is 5.11 Å². The monoisotopic (exact) mass is 221 g/mol. The van der Waals surface area contributed by atoms with Crippen molar-refractivity contribution in [3.63, 3.8) is 0 Å². The van der Waals surface area contributed by atoms with Crippen LogP contribution in [-0.4, -0.2) is 10.1 Å². The van der Waals surface area contributed by atoms with Crippen LogP contribution in [-0.2, 0) is 0 Å². The van der Waals surface area contributed by atoms with Crippen molar-refractivity contribution in [3.8, 4) is 5.75 Å². The number of thiocarbonyl (C=S) groups is 1. The van der Waals surface area contributed by atoms with Gasteiger partial charge in [0.05, 0.1) is 15.6 Å². The number of rotatable bonds is 1. The summed E-state index contributed by atoms with van der Waals surface area (Å²) in [6.07, 6.45) is 0. The van der Waals surface area contributed by atoms with Crippen molar-refractivity contribution in [1.82, 2.24) is 0 Å². The summed E-state index contributed by atoms with van der Waals surface area (Å²) in [5, 5.41) is 9.84. The van der Waals surface area contributed by atoms with Gasteiger partial charge in [0, 0.05) is 0 Å². The molecular weight excluding hydrogens is 217 g/mol. The third-order valence-electron chi connectivity index (χ3n) is 1.32. The Morgan fingerprint density at radius 2 is 1.83 bits per heavy atom. The van der Waals surface area contributed by atoms with Crippen LogP contribution in [0.5, 0.6) is 5.75 Å². The number of hydrogen-bond donors (Lipinski definition) is 2. The van der Waals surface area contributed by atoms with Crippen LogP contribution in [0, 0.1) is 0 Å². The summed E-state index contributed by atoms with van der Waals surface area (Å²) in [6, 6.07) is 3.00. The fraction of sp³-hybridized carbons (Fsp3) is 0. The lowest BCUT2D eigenvalue weighted by molar-refractivity contribution is 0.474. The number of phenolic OH excluding ortho intramolecular Hbond substituents is 1. The van der Waals surface area contributed by atoms with Gasteiger partial charge in [0.25, 0.3) is 0 Å². The van der Waals surface area contributed by atoms with Gasteiger partial charge in [0.15, 0.2) is 0 Å². The minimum Gasteiger partial charge on any atom is -0.506 e. The molecule has 1 aromatic rings. The lowest BCUT2D eigenvalue weighted by atomic mass is 10.2. The van der Waals surface area contributed by atoms with Crippen molar-refractivity contribution >= 4 is 40.4 Å². The molecule has 0 aliphatic carbocycles. The molecule has 5 heteroatoms. The zero-order valence-corrected chi connectivity index (χ0v) is 8.17. The number of aromatic hydroxyl groups is 1. The fourth-order valence-corrected chi connectivity index (χ4v) is 1.45. The first-order valence-electron chi connectivity index (χ1n) is 3.01. The van der Waals surface area contributed by atoms with E-state index in [1.807, 2.05) is 0 Å². The van der Waals surface area contributed by atoms with Gasteiger partial charge >= 0.3 is 0 Å². The minimum absolute atomic E-state index is 0.0278. The molecule has 3 N–H and O–H groups in total. The average Bonchev–Trinajstić information content (AvgIpc) is 1.97. The first kappa shape index (κ1) is 9.58. The van der Waals surface area contributed by atoms with E-state index in [2.05, 4.69) is 12.2 Å². The van der Waals surface area contributed by atoms with E-state index in [-0.39, 0.29) is 21.3 Å². The van der Waals surface area contributed by atoms with Gasteiger partial charge in [-0.1, -0.05) is 35.4 Å². The first-order chi connectivity index (χ1) is 5.54. The molecule has 0 saturated heterocycles. The van der Waals surface area contributed by atoms with E-state index in [0.717, 1.165) is 0 Å². The molecule has 0 saturated carbocycles. The number of benzene rings is 1. The Morgan fingerprint density at radius 3 is 2.25 bits per heavy atom. The summed E-state index contributed by atoms with van der Waals surface area (Å²) in [5.74, 6) is -0.170. The van der Waals surface area contributed by atoms with Crippen molar-refractivity contribution in [2.24, 2.45) is 5.73 Å². The number of halogens is 2. The molecular formula is C7H5Cl2NOS. The van der Waals surface area contributed by atoms with Gasteiger partial charge in [-0.25, -0.2) is 0 Å². The molecule has 1 aromatic carbocycles. The molecule has 0 aliphatic rings. The molecule has 0 spiro atoms. The highest BCUT2D eigenvalue weighted by atomic mass is 35.5. The Balaban J connectivity index is 3.43. The highest BCUT2D eigenvalue weighted by Crippen LogP contribution is 2.32. The Bertz CT molecular complexity index is 340. The predicted molar refractivity (Wildman–Crippen MR) is 54.0 cm³/mol. The second kappa shape index (κ2) is 3.47. The van der Waals surface area contributed by atoms with Crippen molar-refractivity contribution < 1.29 is 5.11 Å². The molecule has 0 radical (unpaired) electrons. The number of hydrogen-bond acceptors (Lipinski definition) is 2. The second-order valence-electron chi connectivity index (χ2n) is 2.12. The summed E-state index contributed by atoms with van der Waals surface area (Å²) in [4.78, 5) is 0.0278. The Hall–Kier alpha value is -0.510. The topological polar surface area (TPSA) is 46.2 Å². The molecule has 0 amide bonds. The largest absolute Gasteiger partial charge is 0.506 e. The predicted octanol–water partition coefficient (Wildman–Crippen LogP) is 2.33. The van der Waals surface area contributed by atoms with Gasteiger partial charge < -0.3 is 10.8 Å². The Morgan fingerprint density at radius 1 is 1.33 bits per heavy atom. The van der Waals surface area contributed by atoms with Gasteiger partial charge in [0.2, 0.25) is 0 Å². The molecule has 64 valence electrons. The third kappa shape index (κ3) is 1.63. The summed E-state index contributed by atoms with van der Waals surface area (Å²) in [6.45, 7) is 0. The second-order valence-corrected chi connectivity index (χ2v) is 3.37. The summed E-state index contributed by atoms with van der Waals surface area (Å²) in [5.41, 5.74) is 5.53. The van der Waals surface area contributed by atoms with Crippen LogP contribution in [0.1, 0.15) is 5.56 Å². The molecule has 2 nitrogen and oxygen atoms in total. The van der Waals surface area contributed by atoms with E-state index < -0.39 is 0 Å². The first-order valence-corrected chi connectivity index (χ1v) is 4.17. The molecule has 12 heavy (non-hydrogen) atoms. The molecule has 0 fully saturated rings. The standard InChI is InChI=1S/C7H5Cl2NOS/c8-3-1-2-4(9)6(11)5(3)7(10)12/h1-2,11H,(H2,10,12). The van der Waals surface area contributed by atoms with Crippen molar-refractivity contribution in [1.29, 1.82) is 0 Å². The number of nitrogens with two attached hydrogens (primary N) is 1. The SMILES string of the molecule is NC(=S)c1c(Cl)ccc(Cl)c1O. The van der Waals surface area contributed by atoms with E-state index in [0.29, 0.717) is 5.02 Å². The average molecular weight is 222 g/mol. The zero-order chi connectivity index (χ0) is 9.30. The van der Waals surface area contributed by atoms with Crippen LogP contribution in [0.25, 0.3) is 0 Å². The molecule has 0 bridgehead atoms. The lowest BCUT2D eigenvalue weighted by Gasteiger charge is -2.05. The molecule has 1 rings (SSSR count). The third-order valence-corrected chi connectivity index (χ3v) is 2.15. The van der Waals surface area contributed by atoms with Crippen molar-refractivity contribution in [3.05, 3.63) is 27.7 Å². The minimum atomic E-state index is -0.170. The van der Waals surface area contributed by atoms with E-state index in [4.69, 9.17) is 28.9 Å². The van der Waals surface area contributed by atoms with Gasteiger partial charge in [-0.15, -0.1) is 0 Å². The molecule has 0 unspecified atom stereocenters. The molecule has 0 heterocycles. The Kier molecular flexibility index (Phi) is 2.77. The fourth-order valence-electron chi connectivity index (χ4n) is 0.776. The van der Waals surface area contributed by atoms with Gasteiger partial charge in [-0.2, -0.15) is 0 Å². The maximum absolute atomic E-state index is 9.36. The Labute approximate surface area is 84.9 Å². The van der Waals surface area contributed by atoms with E-state index >= 15 is 0 Å². The van der Waals surface area contributed by atoms with Crippen LogP contribution in [0.4, 0.5) is 0 Å². The maximum atomic E-state index is 9.36. The smallest absolute Gasteiger partial charge is 0.145 e. The van der Waals surface area contributed by atoms with Gasteiger partial charge in [0.1, 0.15) is 10.7 Å². The lowest BCUT2D eigenvalue weighted by Crippen LogP contribution is -2.10. The highest BCUT2D eigenvalue weighted by Gasteiger charge is 2.11. The van der Waals surface area contributed by atoms with Crippen LogP contribution in [0.3, 0.4) is 0 Å². The van der Waals surface area contributed by atoms with E-state index in [1.165, 1.54) is 12.1 Å². The maximum Gasteiger partial charge on any atom is 0.145 e. The number of phenols is 1. The van der Waals surface area contributed by atoms with Crippen LogP contribution in [0.15, 0.2) is 12.1 Å². The summed E-state index contributed by atoms with van der Waals surface area (Å²) >= 11 is 16.0. The zero-order valence-electron chi connectivity index (χ0n) is 5.84. The van der Waals surface area contributed by atoms with Gasteiger partial charge in [-0.3, -0.25) is 0 Å². The quantitative estimate of drug-likeness (QED) is 0.717. The summed E-state index contributed by atoms with van der Waals surface area (Å²) in [7, 11) is 0. The van der Waals surface area contributed by atoms with Gasteiger partial charge in [-0.05, 0) is 12.1 Å². The van der Waals surface area contributed by atoms with E-state index in [1.54, 1.807) is 0 Å². The van der Waals surface area contributed by atoms with Crippen LogP contribution >= 0.6 is 35.4 Å². The molecule has 0 atom stereocenters. The van der Waals surface area contributed by atoms with Crippen LogP contribution < -0.4 is 5.73 Å². The van der Waals surface area contributed by atoms with Crippen LogP contribution in [0.2, 0.25) is 10.0 Å². The summed E-state index contributed by atoms with van der Waals surface area (Å²) < 4.78 is 0. The molecule has 0 aliphatic heterocycles. The highest BCUT2D eigenvalue weighted by molar-refractivity contribution is 7.80. The molecule has 0 aromatic heterocycles. The normalized spacial score (nSPS) is 9.83.